The van der Waals surface area contributed by atoms with Crippen molar-refractivity contribution >= 4 is 0 Å². The molecule has 0 saturated carbocycles. The number of terminal acetylenes is 1. The van der Waals surface area contributed by atoms with E-state index in [-0.39, 0.29) is 0 Å². The third-order valence-electron chi connectivity index (χ3n) is 2.54. The van der Waals surface area contributed by atoms with E-state index in [2.05, 4.69) is 43.2 Å². The third kappa shape index (κ3) is 3.26. The highest BCUT2D eigenvalue weighted by Crippen LogP contribution is 2.24. The van der Waals surface area contributed by atoms with E-state index in [1.54, 1.807) is 0 Å². The molecule has 0 aliphatic heterocycles. The zero-order valence-corrected chi connectivity index (χ0v) is 8.87. The minimum atomic E-state index is 0.557. The topological polar surface area (TPSA) is 0 Å². The van der Waals surface area contributed by atoms with E-state index in [1.165, 1.54) is 24.8 Å². The number of benzene rings is 1. The lowest BCUT2D eigenvalue weighted by molar-refractivity contribution is 0.596. The minimum absolute atomic E-state index is 0.557. The van der Waals surface area contributed by atoms with Crippen molar-refractivity contribution in [3.05, 3.63) is 35.9 Å². The van der Waals surface area contributed by atoms with Gasteiger partial charge in [0.2, 0.25) is 0 Å². The molecule has 0 fully saturated rings. The normalized spacial score (nSPS) is 12.0. The highest BCUT2D eigenvalue weighted by Gasteiger charge is 2.08. The van der Waals surface area contributed by atoms with Crippen LogP contribution in [0.25, 0.3) is 0 Å². The van der Waals surface area contributed by atoms with E-state index < -0.39 is 0 Å². The van der Waals surface area contributed by atoms with Gasteiger partial charge in [-0.15, -0.1) is 12.3 Å². The Morgan fingerprint density at radius 2 is 2.00 bits per heavy atom. The van der Waals surface area contributed by atoms with Gasteiger partial charge in [0.05, 0.1) is 0 Å². The van der Waals surface area contributed by atoms with Crippen LogP contribution in [0.3, 0.4) is 0 Å². The molecule has 1 aromatic carbocycles. The van der Waals surface area contributed by atoms with Crippen molar-refractivity contribution in [2.24, 2.45) is 0 Å². The fourth-order valence-electron chi connectivity index (χ4n) is 1.70. The van der Waals surface area contributed by atoms with Gasteiger partial charge in [-0.2, -0.15) is 0 Å². The zero-order valence-electron chi connectivity index (χ0n) is 8.87. The number of unbranched alkanes of at least 4 members (excludes halogenated alkanes) is 1. The van der Waals surface area contributed by atoms with Crippen molar-refractivity contribution in [2.45, 2.75) is 38.5 Å². The zero-order chi connectivity index (χ0) is 10.2. The molecule has 0 aliphatic carbocycles. The molecule has 0 N–H and O–H groups in total. The quantitative estimate of drug-likeness (QED) is 0.610. The maximum Gasteiger partial charge on any atom is 0.0155 e. The lowest BCUT2D eigenvalue weighted by Crippen LogP contribution is -1.97. The van der Waals surface area contributed by atoms with Crippen molar-refractivity contribution in [2.75, 3.05) is 0 Å². The lowest BCUT2D eigenvalue weighted by atomic mass is 9.91. The van der Waals surface area contributed by atoms with Crippen LogP contribution in [0, 0.1) is 12.3 Å². The Bertz CT molecular complexity index is 279. The molecule has 74 valence electrons. The fourth-order valence-corrected chi connectivity index (χ4v) is 1.70. The Balaban J connectivity index is 2.63. The van der Waals surface area contributed by atoms with E-state index in [0.29, 0.717) is 5.92 Å². The number of hydrogen-bond donors (Lipinski definition) is 0. The summed E-state index contributed by atoms with van der Waals surface area (Å²) in [6, 6.07) is 10.6. The molecule has 1 rings (SSSR count). The molecule has 0 spiro atoms. The molecule has 0 heteroatoms. The van der Waals surface area contributed by atoms with Crippen LogP contribution in [-0.4, -0.2) is 0 Å². The van der Waals surface area contributed by atoms with E-state index >= 15 is 0 Å². The van der Waals surface area contributed by atoms with Gasteiger partial charge in [0, 0.05) is 6.42 Å². The molecule has 0 nitrogen and oxygen atoms in total. The number of hydrogen-bond acceptors (Lipinski definition) is 0. The first kappa shape index (κ1) is 10.9. The molecule has 1 unspecified atom stereocenters. The van der Waals surface area contributed by atoms with Gasteiger partial charge < -0.3 is 0 Å². The van der Waals surface area contributed by atoms with Gasteiger partial charge in [-0.25, -0.2) is 0 Å². The van der Waals surface area contributed by atoms with E-state index in [9.17, 15) is 0 Å². The summed E-state index contributed by atoms with van der Waals surface area (Å²) < 4.78 is 0. The van der Waals surface area contributed by atoms with Crippen molar-refractivity contribution in [3.8, 4) is 12.3 Å². The first-order valence-corrected chi connectivity index (χ1v) is 5.37. The van der Waals surface area contributed by atoms with E-state index in [0.717, 1.165) is 6.42 Å². The summed E-state index contributed by atoms with van der Waals surface area (Å²) in [4.78, 5) is 0. The van der Waals surface area contributed by atoms with Gasteiger partial charge in [0.15, 0.2) is 0 Å². The predicted molar refractivity (Wildman–Crippen MR) is 62.2 cm³/mol. The smallest absolute Gasteiger partial charge is 0.0155 e. The van der Waals surface area contributed by atoms with E-state index in [4.69, 9.17) is 6.42 Å². The Hall–Kier alpha value is -1.22. The van der Waals surface area contributed by atoms with E-state index in [1.807, 2.05) is 0 Å². The van der Waals surface area contributed by atoms with Crippen molar-refractivity contribution in [1.29, 1.82) is 0 Å². The summed E-state index contributed by atoms with van der Waals surface area (Å²) >= 11 is 0. The SMILES string of the molecule is C#CCC(CCCC)c1ccccc1. The summed E-state index contributed by atoms with van der Waals surface area (Å²) in [5.74, 6) is 3.33. The molecule has 0 aromatic heterocycles. The molecule has 1 atom stereocenters. The van der Waals surface area contributed by atoms with Gasteiger partial charge in [-0.1, -0.05) is 50.1 Å². The molecular weight excluding hydrogens is 168 g/mol. The molecular formula is C14H18. The molecule has 0 heterocycles. The second-order valence-electron chi connectivity index (χ2n) is 3.66. The Kier molecular flexibility index (Phi) is 4.86. The molecule has 0 saturated heterocycles. The predicted octanol–water partition coefficient (Wildman–Crippen LogP) is 3.98. The molecule has 0 radical (unpaired) electrons. The second-order valence-corrected chi connectivity index (χ2v) is 3.66. The van der Waals surface area contributed by atoms with Gasteiger partial charge in [-0.05, 0) is 17.9 Å². The van der Waals surface area contributed by atoms with Crippen molar-refractivity contribution in [3.63, 3.8) is 0 Å². The lowest BCUT2D eigenvalue weighted by Gasteiger charge is -2.13. The van der Waals surface area contributed by atoms with Crippen molar-refractivity contribution in [1.82, 2.24) is 0 Å². The third-order valence-corrected chi connectivity index (χ3v) is 2.54. The molecule has 14 heavy (non-hydrogen) atoms. The minimum Gasteiger partial charge on any atom is -0.120 e. The number of rotatable bonds is 5. The maximum absolute atomic E-state index is 5.39. The standard InChI is InChI=1S/C14H18/c1-3-5-10-13(9-4-2)14-11-7-6-8-12-14/h2,6-8,11-13H,3,5,9-10H2,1H3. The Labute approximate surface area is 87.4 Å². The average Bonchev–Trinajstić information content (AvgIpc) is 2.25. The first-order valence-electron chi connectivity index (χ1n) is 5.37. The largest absolute Gasteiger partial charge is 0.120 e. The van der Waals surface area contributed by atoms with Crippen LogP contribution in [0.1, 0.15) is 44.1 Å². The monoisotopic (exact) mass is 186 g/mol. The summed E-state index contributed by atoms with van der Waals surface area (Å²) in [7, 11) is 0. The van der Waals surface area contributed by atoms with Gasteiger partial charge >= 0.3 is 0 Å². The van der Waals surface area contributed by atoms with Crippen LogP contribution < -0.4 is 0 Å². The van der Waals surface area contributed by atoms with Crippen LogP contribution in [0.5, 0.6) is 0 Å². The van der Waals surface area contributed by atoms with Crippen LogP contribution in [0.2, 0.25) is 0 Å². The van der Waals surface area contributed by atoms with Crippen LogP contribution in [-0.2, 0) is 0 Å². The van der Waals surface area contributed by atoms with Crippen molar-refractivity contribution < 1.29 is 0 Å². The highest BCUT2D eigenvalue weighted by molar-refractivity contribution is 5.20. The van der Waals surface area contributed by atoms with Crippen LogP contribution >= 0.6 is 0 Å². The first-order chi connectivity index (χ1) is 6.88. The molecule has 0 aliphatic rings. The Morgan fingerprint density at radius 3 is 2.57 bits per heavy atom. The summed E-state index contributed by atoms with van der Waals surface area (Å²) in [5, 5.41) is 0. The maximum atomic E-state index is 5.39. The molecule has 0 bridgehead atoms. The molecule has 1 aromatic rings. The van der Waals surface area contributed by atoms with Gasteiger partial charge in [0.25, 0.3) is 0 Å². The summed E-state index contributed by atoms with van der Waals surface area (Å²) in [5.41, 5.74) is 1.39. The highest BCUT2D eigenvalue weighted by atomic mass is 14.1. The summed E-state index contributed by atoms with van der Waals surface area (Å²) in [6.45, 7) is 2.22. The molecule has 0 amide bonds. The summed E-state index contributed by atoms with van der Waals surface area (Å²) in [6.07, 6.45) is 9.98. The van der Waals surface area contributed by atoms with Gasteiger partial charge in [-0.3, -0.25) is 0 Å². The van der Waals surface area contributed by atoms with Gasteiger partial charge in [0.1, 0.15) is 0 Å². The van der Waals surface area contributed by atoms with Crippen LogP contribution in [0.15, 0.2) is 30.3 Å². The average molecular weight is 186 g/mol. The van der Waals surface area contributed by atoms with Crippen LogP contribution in [0.4, 0.5) is 0 Å². The Morgan fingerprint density at radius 1 is 1.29 bits per heavy atom. The fraction of sp³-hybridized carbons (Fsp3) is 0.429. The second kappa shape index (κ2) is 6.27.